The summed E-state index contributed by atoms with van der Waals surface area (Å²) in [5, 5.41) is 2.86. The van der Waals surface area contributed by atoms with E-state index in [1.807, 2.05) is 25.1 Å². The third-order valence-corrected chi connectivity index (χ3v) is 6.21. The molecule has 0 bridgehead atoms. The monoisotopic (exact) mass is 385 g/mol. The van der Waals surface area contributed by atoms with Crippen molar-refractivity contribution in [3.8, 4) is 5.75 Å². The maximum absolute atomic E-state index is 13.1. The van der Waals surface area contributed by atoms with Gasteiger partial charge in [-0.2, -0.15) is 0 Å². The van der Waals surface area contributed by atoms with Crippen LogP contribution in [-0.4, -0.2) is 52.4 Å². The van der Waals surface area contributed by atoms with E-state index in [2.05, 4.69) is 5.32 Å². The maximum Gasteiger partial charge on any atom is 0.325 e. The Bertz CT molecular complexity index is 816. The Balaban J connectivity index is 1.49. The molecule has 1 atom stereocenters. The highest BCUT2D eigenvalue weighted by Gasteiger charge is 2.54. The van der Waals surface area contributed by atoms with Crippen LogP contribution in [0.25, 0.3) is 0 Å². The second-order valence-corrected chi connectivity index (χ2v) is 7.94. The Kier molecular flexibility index (Phi) is 4.77. The van der Waals surface area contributed by atoms with E-state index < -0.39 is 17.6 Å². The number of rotatable bonds is 4. The molecule has 2 heterocycles. The fourth-order valence-electron chi connectivity index (χ4n) is 4.66. The highest BCUT2D eigenvalue weighted by molar-refractivity contribution is 6.10. The molecule has 1 N–H and O–H groups in total. The first-order valence-corrected chi connectivity index (χ1v) is 10.1. The predicted molar refractivity (Wildman–Crippen MR) is 103 cm³/mol. The van der Waals surface area contributed by atoms with Gasteiger partial charge in [0.1, 0.15) is 17.3 Å². The standard InChI is InChI=1S/C21H27N3O4/c1-3-28-17-7-6-15-8-11-23(13-16(15)12-17)18(25)14(2)24-19(26)21(22-20(24)27)9-4-5-10-21/h6-7,12,14H,3-5,8-11,13H2,1-2H3,(H,22,27). The average Bonchev–Trinajstić information content (AvgIpc) is 3.25. The van der Waals surface area contributed by atoms with E-state index in [-0.39, 0.29) is 11.8 Å². The van der Waals surface area contributed by atoms with Gasteiger partial charge in [0.25, 0.3) is 5.91 Å². The SMILES string of the molecule is CCOc1ccc2c(c1)CN(C(=O)C(C)N1C(=O)NC3(CCCC3)C1=O)CC2. The number of hydrogen-bond donors (Lipinski definition) is 1. The highest BCUT2D eigenvalue weighted by Crippen LogP contribution is 2.36. The highest BCUT2D eigenvalue weighted by atomic mass is 16.5. The van der Waals surface area contributed by atoms with E-state index in [1.54, 1.807) is 11.8 Å². The average molecular weight is 385 g/mol. The van der Waals surface area contributed by atoms with E-state index in [4.69, 9.17) is 4.74 Å². The number of ether oxygens (including phenoxy) is 1. The van der Waals surface area contributed by atoms with Gasteiger partial charge in [0.15, 0.2) is 0 Å². The molecule has 1 saturated heterocycles. The summed E-state index contributed by atoms with van der Waals surface area (Å²) in [6, 6.07) is 4.74. The Hall–Kier alpha value is -2.57. The van der Waals surface area contributed by atoms with Crippen LogP contribution < -0.4 is 10.1 Å². The van der Waals surface area contributed by atoms with Crippen molar-refractivity contribution in [2.45, 2.75) is 64.1 Å². The summed E-state index contributed by atoms with van der Waals surface area (Å²) in [5.74, 6) is 0.360. The lowest BCUT2D eigenvalue weighted by Crippen LogP contribution is -2.51. The van der Waals surface area contributed by atoms with Crippen LogP contribution in [0.4, 0.5) is 4.79 Å². The van der Waals surface area contributed by atoms with Crippen molar-refractivity contribution < 1.29 is 19.1 Å². The zero-order valence-corrected chi connectivity index (χ0v) is 16.5. The number of urea groups is 1. The molecule has 2 fully saturated rings. The first kappa shape index (κ1) is 18.8. The Morgan fingerprint density at radius 2 is 2.00 bits per heavy atom. The molecule has 7 nitrogen and oxygen atoms in total. The largest absolute Gasteiger partial charge is 0.494 e. The van der Waals surface area contributed by atoms with Gasteiger partial charge in [-0.1, -0.05) is 18.9 Å². The van der Waals surface area contributed by atoms with Crippen LogP contribution in [0.3, 0.4) is 0 Å². The van der Waals surface area contributed by atoms with Crippen molar-refractivity contribution in [3.05, 3.63) is 29.3 Å². The topological polar surface area (TPSA) is 79.0 Å². The number of benzene rings is 1. The van der Waals surface area contributed by atoms with Crippen molar-refractivity contribution in [3.63, 3.8) is 0 Å². The van der Waals surface area contributed by atoms with Gasteiger partial charge in [-0.3, -0.25) is 9.59 Å². The molecular weight excluding hydrogens is 358 g/mol. The van der Waals surface area contributed by atoms with Gasteiger partial charge >= 0.3 is 6.03 Å². The molecule has 4 rings (SSSR count). The van der Waals surface area contributed by atoms with Crippen LogP contribution in [0.15, 0.2) is 18.2 Å². The van der Waals surface area contributed by atoms with Gasteiger partial charge in [-0.15, -0.1) is 0 Å². The molecule has 1 unspecified atom stereocenters. The lowest BCUT2D eigenvalue weighted by Gasteiger charge is -2.33. The predicted octanol–water partition coefficient (Wildman–Crippen LogP) is 2.22. The number of fused-ring (bicyclic) bond motifs is 1. The summed E-state index contributed by atoms with van der Waals surface area (Å²) in [6.07, 6.45) is 3.92. The lowest BCUT2D eigenvalue weighted by atomic mass is 9.97. The molecule has 7 heteroatoms. The van der Waals surface area contributed by atoms with Crippen LogP contribution in [0.1, 0.15) is 50.7 Å². The number of nitrogens with zero attached hydrogens (tertiary/aromatic N) is 2. The van der Waals surface area contributed by atoms with E-state index in [9.17, 15) is 14.4 Å². The molecule has 1 aromatic carbocycles. The zero-order valence-electron chi connectivity index (χ0n) is 16.5. The molecule has 3 aliphatic rings. The number of carbonyl (C=O) groups excluding carboxylic acids is 3. The van der Waals surface area contributed by atoms with Gasteiger partial charge in [0.05, 0.1) is 6.61 Å². The third kappa shape index (κ3) is 3.02. The number of amides is 4. The Morgan fingerprint density at radius 3 is 2.71 bits per heavy atom. The van der Waals surface area contributed by atoms with Gasteiger partial charge in [0, 0.05) is 13.1 Å². The van der Waals surface area contributed by atoms with Gasteiger partial charge in [-0.25, -0.2) is 9.69 Å². The van der Waals surface area contributed by atoms with Crippen molar-refractivity contribution in [1.29, 1.82) is 0 Å². The van der Waals surface area contributed by atoms with Crippen molar-refractivity contribution in [1.82, 2.24) is 15.1 Å². The Morgan fingerprint density at radius 1 is 1.25 bits per heavy atom. The molecule has 4 amide bonds. The third-order valence-electron chi connectivity index (χ3n) is 6.21. The minimum absolute atomic E-state index is 0.189. The number of nitrogens with one attached hydrogen (secondary N) is 1. The van der Waals surface area contributed by atoms with E-state index in [0.717, 1.165) is 35.5 Å². The minimum Gasteiger partial charge on any atom is -0.494 e. The summed E-state index contributed by atoms with van der Waals surface area (Å²) in [7, 11) is 0. The first-order chi connectivity index (χ1) is 13.4. The summed E-state index contributed by atoms with van der Waals surface area (Å²) in [6.45, 7) is 5.23. The summed E-state index contributed by atoms with van der Waals surface area (Å²) < 4.78 is 5.57. The number of carbonyl (C=O) groups is 3. The van der Waals surface area contributed by atoms with Gasteiger partial charge in [0.2, 0.25) is 5.91 Å². The second kappa shape index (κ2) is 7.11. The molecular formula is C21H27N3O4. The summed E-state index contributed by atoms with van der Waals surface area (Å²) in [4.78, 5) is 41.4. The first-order valence-electron chi connectivity index (χ1n) is 10.1. The molecule has 1 spiro atoms. The van der Waals surface area contributed by atoms with Crippen molar-refractivity contribution >= 4 is 17.8 Å². The van der Waals surface area contributed by atoms with Crippen LogP contribution in [-0.2, 0) is 22.6 Å². The summed E-state index contributed by atoms with van der Waals surface area (Å²) in [5.41, 5.74) is 1.48. The van der Waals surface area contributed by atoms with E-state index in [0.29, 0.717) is 32.5 Å². The van der Waals surface area contributed by atoms with Crippen LogP contribution in [0, 0.1) is 0 Å². The van der Waals surface area contributed by atoms with Crippen LogP contribution in [0.2, 0.25) is 0 Å². The van der Waals surface area contributed by atoms with E-state index >= 15 is 0 Å². The van der Waals surface area contributed by atoms with Crippen LogP contribution >= 0.6 is 0 Å². The second-order valence-electron chi connectivity index (χ2n) is 7.94. The molecule has 0 radical (unpaired) electrons. The number of hydrogen-bond acceptors (Lipinski definition) is 4. The quantitative estimate of drug-likeness (QED) is 0.806. The normalized spacial score (nSPS) is 21.6. The summed E-state index contributed by atoms with van der Waals surface area (Å²) >= 11 is 0. The molecule has 28 heavy (non-hydrogen) atoms. The molecule has 1 aromatic rings. The minimum atomic E-state index is -0.802. The fraction of sp³-hybridized carbons (Fsp3) is 0.571. The fourth-order valence-corrected chi connectivity index (χ4v) is 4.66. The van der Waals surface area contributed by atoms with Gasteiger partial charge in [-0.05, 0) is 56.4 Å². The Labute approximate surface area is 165 Å². The number of imide groups is 1. The van der Waals surface area contributed by atoms with E-state index in [1.165, 1.54) is 5.56 Å². The van der Waals surface area contributed by atoms with Crippen molar-refractivity contribution in [2.75, 3.05) is 13.2 Å². The van der Waals surface area contributed by atoms with Crippen LogP contribution in [0.5, 0.6) is 5.75 Å². The molecule has 2 aliphatic heterocycles. The molecule has 150 valence electrons. The zero-order chi connectivity index (χ0) is 19.9. The maximum atomic E-state index is 13.1. The molecule has 1 aliphatic carbocycles. The molecule has 1 saturated carbocycles. The lowest BCUT2D eigenvalue weighted by molar-refractivity contribution is -0.143. The smallest absolute Gasteiger partial charge is 0.325 e. The van der Waals surface area contributed by atoms with Crippen molar-refractivity contribution in [2.24, 2.45) is 0 Å². The van der Waals surface area contributed by atoms with Gasteiger partial charge < -0.3 is 15.0 Å². The molecule has 0 aromatic heterocycles.